The number of nitrogens with one attached hydrogen (secondary N) is 1. The number of hydrogen-bond acceptors (Lipinski definition) is 2. The fraction of sp³-hybridized carbons (Fsp3) is 0.833. The highest BCUT2D eigenvalue weighted by Crippen LogP contribution is 2.38. The molecule has 0 aromatic carbocycles. The highest BCUT2D eigenvalue weighted by atomic mass is 16.2. The smallest absolute Gasteiger partial charge is 0.245 e. The summed E-state index contributed by atoms with van der Waals surface area (Å²) in [6, 6.07) is -0.313. The molecule has 2 fully saturated rings. The summed E-state index contributed by atoms with van der Waals surface area (Å²) >= 11 is 0. The molecule has 2 amide bonds. The van der Waals surface area contributed by atoms with Gasteiger partial charge in [0.1, 0.15) is 6.04 Å². The summed E-state index contributed by atoms with van der Waals surface area (Å²) in [5.74, 6) is 0.112. The number of rotatable bonds is 2. The van der Waals surface area contributed by atoms with E-state index in [0.717, 1.165) is 12.8 Å². The number of carbonyl (C=O) groups is 2. The lowest BCUT2D eigenvalue weighted by molar-refractivity contribution is -0.142. The molecule has 0 radical (unpaired) electrons. The SMILES string of the molecule is CCC1NC(=O)CCN(C2(C)CCC2)C1=O. The molecule has 0 bridgehead atoms. The van der Waals surface area contributed by atoms with E-state index in [-0.39, 0.29) is 23.4 Å². The molecule has 0 spiro atoms. The number of amides is 2. The van der Waals surface area contributed by atoms with Crippen LogP contribution in [0.1, 0.15) is 46.0 Å². The quantitative estimate of drug-likeness (QED) is 0.762. The van der Waals surface area contributed by atoms with Crippen LogP contribution < -0.4 is 5.32 Å². The molecule has 1 heterocycles. The lowest BCUT2D eigenvalue weighted by Gasteiger charge is -2.48. The van der Waals surface area contributed by atoms with Crippen LogP contribution in [-0.2, 0) is 9.59 Å². The van der Waals surface area contributed by atoms with Gasteiger partial charge in [-0.2, -0.15) is 0 Å². The van der Waals surface area contributed by atoms with Crippen LogP contribution in [0.2, 0.25) is 0 Å². The van der Waals surface area contributed by atoms with Gasteiger partial charge in [-0.1, -0.05) is 6.92 Å². The van der Waals surface area contributed by atoms with Crippen molar-refractivity contribution in [3.05, 3.63) is 0 Å². The number of hydrogen-bond donors (Lipinski definition) is 1. The van der Waals surface area contributed by atoms with Crippen LogP contribution in [0.25, 0.3) is 0 Å². The molecule has 1 saturated carbocycles. The van der Waals surface area contributed by atoms with E-state index in [0.29, 0.717) is 19.4 Å². The molecule has 2 aliphatic rings. The van der Waals surface area contributed by atoms with Gasteiger partial charge in [-0.3, -0.25) is 9.59 Å². The second-order valence-electron chi connectivity index (χ2n) is 5.12. The van der Waals surface area contributed by atoms with Crippen LogP contribution in [0.4, 0.5) is 0 Å². The first-order chi connectivity index (χ1) is 7.57. The van der Waals surface area contributed by atoms with Crippen LogP contribution in [0.5, 0.6) is 0 Å². The minimum atomic E-state index is -0.313. The molecular weight excluding hydrogens is 204 g/mol. The summed E-state index contributed by atoms with van der Waals surface area (Å²) in [6.45, 7) is 4.66. The molecule has 1 aliphatic carbocycles. The summed E-state index contributed by atoms with van der Waals surface area (Å²) in [6.07, 6.45) is 4.46. The van der Waals surface area contributed by atoms with Gasteiger partial charge in [0.15, 0.2) is 0 Å². The van der Waals surface area contributed by atoms with Crippen LogP contribution in [0.3, 0.4) is 0 Å². The third-order valence-electron chi connectivity index (χ3n) is 3.95. The van der Waals surface area contributed by atoms with Gasteiger partial charge in [0.2, 0.25) is 11.8 Å². The maximum atomic E-state index is 12.3. The number of nitrogens with zero attached hydrogens (tertiary/aromatic N) is 1. The average molecular weight is 224 g/mol. The van der Waals surface area contributed by atoms with E-state index in [2.05, 4.69) is 12.2 Å². The molecule has 4 nitrogen and oxygen atoms in total. The minimum absolute atomic E-state index is 0.00521. The molecule has 16 heavy (non-hydrogen) atoms. The van der Waals surface area contributed by atoms with E-state index >= 15 is 0 Å². The van der Waals surface area contributed by atoms with Crippen LogP contribution in [0.15, 0.2) is 0 Å². The van der Waals surface area contributed by atoms with Gasteiger partial charge >= 0.3 is 0 Å². The monoisotopic (exact) mass is 224 g/mol. The second-order valence-corrected chi connectivity index (χ2v) is 5.12. The molecule has 90 valence electrons. The lowest BCUT2D eigenvalue weighted by atomic mass is 9.76. The largest absolute Gasteiger partial charge is 0.344 e. The molecular formula is C12H20N2O2. The van der Waals surface area contributed by atoms with Crippen molar-refractivity contribution >= 4 is 11.8 Å². The molecule has 4 heteroatoms. The fourth-order valence-corrected chi connectivity index (χ4v) is 2.61. The Hall–Kier alpha value is -1.06. The Kier molecular flexibility index (Phi) is 2.91. The van der Waals surface area contributed by atoms with Crippen molar-refractivity contribution < 1.29 is 9.59 Å². The second kappa shape index (κ2) is 4.07. The zero-order chi connectivity index (χ0) is 11.8. The fourth-order valence-electron chi connectivity index (χ4n) is 2.61. The zero-order valence-electron chi connectivity index (χ0n) is 10.1. The highest BCUT2D eigenvalue weighted by Gasteiger charge is 2.43. The molecule has 0 aromatic heterocycles. The summed E-state index contributed by atoms with van der Waals surface area (Å²) in [7, 11) is 0. The van der Waals surface area contributed by atoms with Gasteiger partial charge in [-0.05, 0) is 32.6 Å². The summed E-state index contributed by atoms with van der Waals surface area (Å²) in [5, 5.41) is 2.80. The van der Waals surface area contributed by atoms with Gasteiger partial charge < -0.3 is 10.2 Å². The maximum Gasteiger partial charge on any atom is 0.245 e. The molecule has 1 aliphatic heterocycles. The molecule has 1 unspecified atom stereocenters. The first-order valence-electron chi connectivity index (χ1n) is 6.18. The molecule has 0 aromatic rings. The zero-order valence-corrected chi connectivity index (χ0v) is 10.1. The highest BCUT2D eigenvalue weighted by molar-refractivity contribution is 5.90. The van der Waals surface area contributed by atoms with Gasteiger partial charge in [-0.15, -0.1) is 0 Å². The maximum absolute atomic E-state index is 12.3. The Morgan fingerprint density at radius 1 is 1.44 bits per heavy atom. The average Bonchev–Trinajstić information content (AvgIpc) is 2.36. The Balaban J connectivity index is 2.17. The standard InChI is InChI=1S/C12H20N2O2/c1-3-9-11(16)14(8-5-10(15)13-9)12(2)6-4-7-12/h9H,3-8H2,1-2H3,(H,13,15). The topological polar surface area (TPSA) is 49.4 Å². The first kappa shape index (κ1) is 11.4. The Morgan fingerprint density at radius 2 is 2.12 bits per heavy atom. The summed E-state index contributed by atoms with van der Waals surface area (Å²) in [5.41, 5.74) is 0.0107. The summed E-state index contributed by atoms with van der Waals surface area (Å²) < 4.78 is 0. The summed E-state index contributed by atoms with van der Waals surface area (Å²) in [4.78, 5) is 25.7. The van der Waals surface area contributed by atoms with E-state index in [1.54, 1.807) is 0 Å². The third-order valence-corrected chi connectivity index (χ3v) is 3.95. The van der Waals surface area contributed by atoms with Crippen molar-refractivity contribution in [3.63, 3.8) is 0 Å². The van der Waals surface area contributed by atoms with E-state index in [1.807, 2.05) is 11.8 Å². The minimum Gasteiger partial charge on any atom is -0.344 e. The van der Waals surface area contributed by atoms with Crippen molar-refractivity contribution in [2.24, 2.45) is 0 Å². The van der Waals surface area contributed by atoms with Gasteiger partial charge in [0.25, 0.3) is 0 Å². The molecule has 2 rings (SSSR count). The van der Waals surface area contributed by atoms with Crippen LogP contribution in [-0.4, -0.2) is 34.8 Å². The lowest BCUT2D eigenvalue weighted by Crippen LogP contribution is -2.57. The van der Waals surface area contributed by atoms with Gasteiger partial charge in [0, 0.05) is 18.5 Å². The van der Waals surface area contributed by atoms with Crippen molar-refractivity contribution in [2.75, 3.05) is 6.54 Å². The van der Waals surface area contributed by atoms with E-state index < -0.39 is 0 Å². The molecule has 1 atom stereocenters. The van der Waals surface area contributed by atoms with Crippen LogP contribution >= 0.6 is 0 Å². The Bertz CT molecular complexity index is 310. The predicted molar refractivity (Wildman–Crippen MR) is 60.8 cm³/mol. The third kappa shape index (κ3) is 1.81. The van der Waals surface area contributed by atoms with E-state index in [4.69, 9.17) is 0 Å². The van der Waals surface area contributed by atoms with E-state index in [1.165, 1.54) is 6.42 Å². The molecule has 1 saturated heterocycles. The number of carbonyl (C=O) groups excluding carboxylic acids is 2. The van der Waals surface area contributed by atoms with E-state index in [9.17, 15) is 9.59 Å². The van der Waals surface area contributed by atoms with Crippen molar-refractivity contribution in [1.82, 2.24) is 10.2 Å². The normalized spacial score (nSPS) is 29.4. The van der Waals surface area contributed by atoms with Crippen LogP contribution in [0, 0.1) is 0 Å². The van der Waals surface area contributed by atoms with Crippen molar-refractivity contribution in [3.8, 4) is 0 Å². The van der Waals surface area contributed by atoms with Crippen molar-refractivity contribution in [2.45, 2.75) is 57.5 Å². The Morgan fingerprint density at radius 3 is 2.62 bits per heavy atom. The van der Waals surface area contributed by atoms with Crippen molar-refractivity contribution in [1.29, 1.82) is 0 Å². The van der Waals surface area contributed by atoms with Gasteiger partial charge in [-0.25, -0.2) is 0 Å². The first-order valence-corrected chi connectivity index (χ1v) is 6.18. The predicted octanol–water partition coefficient (Wildman–Crippen LogP) is 1.06. The van der Waals surface area contributed by atoms with Gasteiger partial charge in [0.05, 0.1) is 0 Å². The Labute approximate surface area is 96.4 Å². The molecule has 1 N–H and O–H groups in total.